The van der Waals surface area contributed by atoms with Crippen LogP contribution >= 0.6 is 0 Å². The number of rotatable bonds is 4. The highest BCUT2D eigenvalue weighted by Gasteiger charge is 2.30. The Morgan fingerprint density at radius 2 is 2.16 bits per heavy atom. The summed E-state index contributed by atoms with van der Waals surface area (Å²) in [5.74, 6) is -3.17. The second-order valence-corrected chi connectivity index (χ2v) is 6.11. The number of aromatic carboxylic acids is 1. The van der Waals surface area contributed by atoms with Crippen LogP contribution in [0.25, 0.3) is 10.9 Å². The normalized spacial score (nSPS) is 17.4. The van der Waals surface area contributed by atoms with E-state index in [9.17, 15) is 14.0 Å². The van der Waals surface area contributed by atoms with Crippen LogP contribution in [0.1, 0.15) is 30.1 Å². The van der Waals surface area contributed by atoms with Crippen molar-refractivity contribution in [3.05, 3.63) is 39.7 Å². The van der Waals surface area contributed by atoms with Gasteiger partial charge in [0.05, 0.1) is 10.9 Å². The van der Waals surface area contributed by atoms with Gasteiger partial charge in [-0.3, -0.25) is 4.79 Å². The quantitative estimate of drug-likeness (QED) is 0.879. The zero-order chi connectivity index (χ0) is 18.3. The van der Waals surface area contributed by atoms with Gasteiger partial charge in [-0.2, -0.15) is 0 Å². The van der Waals surface area contributed by atoms with Crippen LogP contribution in [-0.4, -0.2) is 34.8 Å². The van der Waals surface area contributed by atoms with Gasteiger partial charge in [-0.25, -0.2) is 13.6 Å². The zero-order valence-corrected chi connectivity index (χ0v) is 13.8. The van der Waals surface area contributed by atoms with Crippen molar-refractivity contribution in [2.45, 2.75) is 32.4 Å². The van der Waals surface area contributed by atoms with Gasteiger partial charge in [-0.1, -0.05) is 0 Å². The molecule has 2 aromatic rings. The highest BCUT2D eigenvalue weighted by atomic mass is 19.1. The van der Waals surface area contributed by atoms with Crippen molar-refractivity contribution >= 4 is 22.6 Å². The summed E-state index contributed by atoms with van der Waals surface area (Å²) < 4.78 is 31.2. The van der Waals surface area contributed by atoms with Gasteiger partial charge in [0, 0.05) is 31.9 Å². The number of benzene rings is 1. The lowest BCUT2D eigenvalue weighted by molar-refractivity contribution is 0.0695. The molecule has 0 spiro atoms. The molecule has 3 rings (SSSR count). The van der Waals surface area contributed by atoms with Gasteiger partial charge < -0.3 is 20.3 Å². The standard InChI is InChI=1S/C17H19F2N3O3/c1-2-21-8-11(17(24)25)16(23)10-6-12(18)15(13(19)14(10)21)22-5-3-4-9(22)7-20/h6,8-9H,2-5,7,20H2,1H3,(H,24,25). The van der Waals surface area contributed by atoms with Crippen molar-refractivity contribution in [1.29, 1.82) is 0 Å². The predicted molar refractivity (Wildman–Crippen MR) is 90.2 cm³/mol. The summed E-state index contributed by atoms with van der Waals surface area (Å²) in [5.41, 5.74) is 4.00. The second kappa shape index (κ2) is 6.44. The van der Waals surface area contributed by atoms with Gasteiger partial charge in [-0.15, -0.1) is 0 Å². The van der Waals surface area contributed by atoms with Gasteiger partial charge in [-0.05, 0) is 25.8 Å². The van der Waals surface area contributed by atoms with Gasteiger partial charge in [0.1, 0.15) is 17.1 Å². The molecular formula is C17H19F2N3O3. The van der Waals surface area contributed by atoms with E-state index >= 15 is 4.39 Å². The number of nitrogens with zero attached hydrogens (tertiary/aromatic N) is 2. The fourth-order valence-electron chi connectivity index (χ4n) is 3.52. The summed E-state index contributed by atoms with van der Waals surface area (Å²) >= 11 is 0. The number of hydrogen-bond acceptors (Lipinski definition) is 4. The lowest BCUT2D eigenvalue weighted by atomic mass is 10.1. The molecular weight excluding hydrogens is 332 g/mol. The molecule has 0 radical (unpaired) electrons. The van der Waals surface area contributed by atoms with Crippen LogP contribution in [-0.2, 0) is 6.54 Å². The van der Waals surface area contributed by atoms with Crippen molar-refractivity contribution in [2.75, 3.05) is 18.0 Å². The first-order valence-electron chi connectivity index (χ1n) is 8.15. The van der Waals surface area contributed by atoms with Crippen molar-refractivity contribution in [3.8, 4) is 0 Å². The number of fused-ring (bicyclic) bond motifs is 1. The lowest BCUT2D eigenvalue weighted by Crippen LogP contribution is -2.36. The minimum atomic E-state index is -1.43. The minimum absolute atomic E-state index is 0.0865. The third-order valence-electron chi connectivity index (χ3n) is 4.74. The van der Waals surface area contributed by atoms with Crippen molar-refractivity contribution in [3.63, 3.8) is 0 Å². The lowest BCUT2D eigenvalue weighted by Gasteiger charge is -2.27. The Balaban J connectivity index is 2.35. The van der Waals surface area contributed by atoms with E-state index in [1.807, 2.05) is 0 Å². The van der Waals surface area contributed by atoms with Gasteiger partial charge >= 0.3 is 5.97 Å². The Morgan fingerprint density at radius 1 is 1.44 bits per heavy atom. The molecule has 8 heteroatoms. The van der Waals surface area contributed by atoms with Crippen LogP contribution in [0.4, 0.5) is 14.5 Å². The summed E-state index contributed by atoms with van der Waals surface area (Å²) in [5, 5.41) is 8.88. The zero-order valence-electron chi connectivity index (χ0n) is 13.8. The maximum absolute atomic E-state index is 15.2. The van der Waals surface area contributed by atoms with E-state index < -0.39 is 28.6 Å². The van der Waals surface area contributed by atoms with Crippen LogP contribution in [0.15, 0.2) is 17.1 Å². The summed E-state index contributed by atoms with van der Waals surface area (Å²) in [6.07, 6.45) is 2.62. The van der Waals surface area contributed by atoms with E-state index in [-0.39, 0.29) is 35.7 Å². The maximum Gasteiger partial charge on any atom is 0.341 e. The number of halogens is 2. The second-order valence-electron chi connectivity index (χ2n) is 6.11. The molecule has 1 aliphatic heterocycles. The first kappa shape index (κ1) is 17.3. The van der Waals surface area contributed by atoms with E-state index in [2.05, 4.69) is 0 Å². The molecule has 1 unspecified atom stereocenters. The summed E-state index contributed by atoms with van der Waals surface area (Å²) in [6.45, 7) is 2.68. The molecule has 0 amide bonds. The molecule has 1 aliphatic rings. The third-order valence-corrected chi connectivity index (χ3v) is 4.74. The van der Waals surface area contributed by atoms with Crippen molar-refractivity contribution < 1.29 is 18.7 Å². The molecule has 0 aliphatic carbocycles. The van der Waals surface area contributed by atoms with E-state index in [0.717, 1.165) is 25.1 Å². The number of hydrogen-bond donors (Lipinski definition) is 2. The number of aromatic nitrogens is 1. The molecule has 6 nitrogen and oxygen atoms in total. The SMILES string of the molecule is CCn1cc(C(=O)O)c(=O)c2cc(F)c(N3CCCC3CN)c(F)c21. The third kappa shape index (κ3) is 2.66. The van der Waals surface area contributed by atoms with E-state index in [1.54, 1.807) is 11.8 Å². The van der Waals surface area contributed by atoms with Crippen LogP contribution in [0, 0.1) is 11.6 Å². The average Bonchev–Trinajstić information content (AvgIpc) is 3.03. The van der Waals surface area contributed by atoms with E-state index in [4.69, 9.17) is 10.8 Å². The van der Waals surface area contributed by atoms with Gasteiger partial charge in [0.15, 0.2) is 5.82 Å². The predicted octanol–water partition coefficient (Wildman–Crippen LogP) is 1.93. The Bertz CT molecular complexity index is 910. The number of pyridine rings is 1. The minimum Gasteiger partial charge on any atom is -0.477 e. The Kier molecular flexibility index (Phi) is 4.47. The molecule has 1 fully saturated rings. The fourth-order valence-corrected chi connectivity index (χ4v) is 3.52. The first-order chi connectivity index (χ1) is 11.9. The highest BCUT2D eigenvalue weighted by molar-refractivity contribution is 5.93. The molecule has 0 bridgehead atoms. The first-order valence-corrected chi connectivity index (χ1v) is 8.15. The number of aryl methyl sites for hydroxylation is 1. The number of nitrogens with two attached hydrogens (primary N) is 1. The van der Waals surface area contributed by atoms with Gasteiger partial charge in [0.25, 0.3) is 0 Å². The molecule has 3 N–H and O–H groups in total. The summed E-state index contributed by atoms with van der Waals surface area (Å²) in [6, 6.07) is 0.766. The Hall–Kier alpha value is -2.48. The number of carboxylic acids is 1. The Labute approximate surface area is 142 Å². The van der Waals surface area contributed by atoms with Crippen LogP contribution in [0.2, 0.25) is 0 Å². The van der Waals surface area contributed by atoms with Crippen molar-refractivity contribution in [1.82, 2.24) is 4.57 Å². The highest BCUT2D eigenvalue weighted by Crippen LogP contribution is 2.34. The average molecular weight is 351 g/mol. The van der Waals surface area contributed by atoms with Crippen molar-refractivity contribution in [2.24, 2.45) is 5.73 Å². The molecule has 1 aromatic heterocycles. The fraction of sp³-hybridized carbons (Fsp3) is 0.412. The monoisotopic (exact) mass is 351 g/mol. The van der Waals surface area contributed by atoms with Gasteiger partial charge in [0.2, 0.25) is 5.43 Å². The van der Waals surface area contributed by atoms with E-state index in [0.29, 0.717) is 6.54 Å². The summed E-state index contributed by atoms with van der Waals surface area (Å²) in [7, 11) is 0. The molecule has 2 heterocycles. The maximum atomic E-state index is 15.2. The number of anilines is 1. The largest absolute Gasteiger partial charge is 0.477 e. The van der Waals surface area contributed by atoms with Crippen LogP contribution < -0.4 is 16.1 Å². The number of carboxylic acid groups (broad SMARTS) is 1. The molecule has 1 aromatic carbocycles. The van der Waals surface area contributed by atoms with Crippen LogP contribution in [0.5, 0.6) is 0 Å². The topological polar surface area (TPSA) is 88.6 Å². The number of carbonyl (C=O) groups is 1. The molecule has 1 saturated heterocycles. The van der Waals surface area contributed by atoms with E-state index in [1.165, 1.54) is 4.57 Å². The van der Waals surface area contributed by atoms with Crippen LogP contribution in [0.3, 0.4) is 0 Å². The molecule has 1 atom stereocenters. The smallest absolute Gasteiger partial charge is 0.341 e. The molecule has 0 saturated carbocycles. The molecule has 134 valence electrons. The molecule has 25 heavy (non-hydrogen) atoms. The summed E-state index contributed by atoms with van der Waals surface area (Å²) in [4.78, 5) is 25.2. The Morgan fingerprint density at radius 3 is 2.76 bits per heavy atom.